The van der Waals surface area contributed by atoms with Crippen molar-refractivity contribution in [1.82, 2.24) is 4.98 Å². The monoisotopic (exact) mass is 337 g/mol. The Morgan fingerprint density at radius 3 is 2.54 bits per heavy atom. The highest BCUT2D eigenvalue weighted by molar-refractivity contribution is 7.14. The maximum Gasteiger partial charge on any atom is 0.221 e. The van der Waals surface area contributed by atoms with Gasteiger partial charge in [-0.2, -0.15) is 0 Å². The highest BCUT2D eigenvalue weighted by Gasteiger charge is 2.07. The summed E-state index contributed by atoms with van der Waals surface area (Å²) in [5.74, 6) is -0.0728. The molecule has 2 N–H and O–H groups in total. The van der Waals surface area contributed by atoms with E-state index >= 15 is 0 Å². The van der Waals surface area contributed by atoms with E-state index in [9.17, 15) is 4.79 Å². The summed E-state index contributed by atoms with van der Waals surface area (Å²) in [5, 5.41) is 9.05. The van der Waals surface area contributed by atoms with Gasteiger partial charge in [0, 0.05) is 29.2 Å². The number of nitrogens with one attached hydrogen (secondary N) is 2. The van der Waals surface area contributed by atoms with Crippen molar-refractivity contribution in [2.75, 3.05) is 10.6 Å². The minimum Gasteiger partial charge on any atom is -0.331 e. The highest BCUT2D eigenvalue weighted by Crippen LogP contribution is 2.29. The van der Waals surface area contributed by atoms with Gasteiger partial charge in [-0.1, -0.05) is 24.3 Å². The largest absolute Gasteiger partial charge is 0.331 e. The van der Waals surface area contributed by atoms with E-state index in [1.165, 1.54) is 18.1 Å². The molecule has 5 heteroatoms. The standard InChI is InChI=1S/C19H19N3OS/c1-12-4-5-13(2)17(10-12)21-19-22-18(11-24-19)15-6-8-16(9-7-15)20-14(3)23/h4-11H,1-3H3,(H,20,23)(H,21,22). The van der Waals surface area contributed by atoms with Crippen LogP contribution in [0.2, 0.25) is 0 Å². The number of aryl methyl sites for hydroxylation is 2. The van der Waals surface area contributed by atoms with Crippen LogP contribution in [0, 0.1) is 13.8 Å². The smallest absolute Gasteiger partial charge is 0.221 e. The molecule has 0 aliphatic rings. The lowest BCUT2D eigenvalue weighted by molar-refractivity contribution is -0.114. The van der Waals surface area contributed by atoms with Crippen molar-refractivity contribution >= 4 is 33.8 Å². The van der Waals surface area contributed by atoms with Gasteiger partial charge in [0.2, 0.25) is 5.91 Å². The number of hydrogen-bond donors (Lipinski definition) is 2. The summed E-state index contributed by atoms with van der Waals surface area (Å²) < 4.78 is 0. The molecule has 0 atom stereocenters. The van der Waals surface area contributed by atoms with Crippen molar-refractivity contribution in [3.8, 4) is 11.3 Å². The van der Waals surface area contributed by atoms with Crippen molar-refractivity contribution in [2.24, 2.45) is 0 Å². The Kier molecular flexibility index (Phi) is 4.62. The first kappa shape index (κ1) is 16.2. The molecule has 0 aliphatic carbocycles. The first-order chi connectivity index (χ1) is 11.5. The van der Waals surface area contributed by atoms with E-state index in [1.807, 2.05) is 29.6 Å². The summed E-state index contributed by atoms with van der Waals surface area (Å²) in [4.78, 5) is 15.7. The van der Waals surface area contributed by atoms with Crippen LogP contribution in [0.3, 0.4) is 0 Å². The fourth-order valence-electron chi connectivity index (χ4n) is 2.38. The van der Waals surface area contributed by atoms with Gasteiger partial charge >= 0.3 is 0 Å². The predicted molar refractivity (Wildman–Crippen MR) is 101 cm³/mol. The number of nitrogens with zero attached hydrogens (tertiary/aromatic N) is 1. The lowest BCUT2D eigenvalue weighted by Crippen LogP contribution is -2.05. The number of hydrogen-bond acceptors (Lipinski definition) is 4. The molecular weight excluding hydrogens is 318 g/mol. The van der Waals surface area contributed by atoms with Crippen molar-refractivity contribution in [3.05, 3.63) is 59.0 Å². The molecule has 0 aliphatic heterocycles. The third-order valence-electron chi connectivity index (χ3n) is 3.64. The molecule has 0 radical (unpaired) electrons. The molecule has 0 unspecified atom stereocenters. The van der Waals surface area contributed by atoms with E-state index in [4.69, 9.17) is 0 Å². The zero-order chi connectivity index (χ0) is 17.1. The van der Waals surface area contributed by atoms with Crippen molar-refractivity contribution in [2.45, 2.75) is 20.8 Å². The summed E-state index contributed by atoms with van der Waals surface area (Å²) >= 11 is 1.58. The molecular formula is C19H19N3OS. The first-order valence-corrected chi connectivity index (χ1v) is 8.57. The summed E-state index contributed by atoms with van der Waals surface area (Å²) in [6.07, 6.45) is 0. The van der Waals surface area contributed by atoms with Crippen LogP contribution < -0.4 is 10.6 Å². The van der Waals surface area contributed by atoms with Crippen LogP contribution in [0.5, 0.6) is 0 Å². The Labute approximate surface area is 145 Å². The average Bonchev–Trinajstić information content (AvgIpc) is 3.00. The fourth-order valence-corrected chi connectivity index (χ4v) is 3.11. The molecule has 0 fully saturated rings. The van der Waals surface area contributed by atoms with Gasteiger partial charge in [-0.15, -0.1) is 11.3 Å². The molecule has 4 nitrogen and oxygen atoms in total. The zero-order valence-electron chi connectivity index (χ0n) is 13.9. The van der Waals surface area contributed by atoms with E-state index in [2.05, 4.69) is 47.7 Å². The molecule has 3 rings (SSSR count). The normalized spacial score (nSPS) is 10.5. The molecule has 1 heterocycles. The molecule has 0 saturated carbocycles. The average molecular weight is 337 g/mol. The van der Waals surface area contributed by atoms with Gasteiger partial charge in [-0.25, -0.2) is 4.98 Å². The van der Waals surface area contributed by atoms with Gasteiger partial charge in [0.15, 0.2) is 5.13 Å². The van der Waals surface area contributed by atoms with Crippen LogP contribution in [0.15, 0.2) is 47.8 Å². The van der Waals surface area contributed by atoms with E-state index in [0.29, 0.717) is 0 Å². The second kappa shape index (κ2) is 6.84. The van der Waals surface area contributed by atoms with Crippen LogP contribution in [0.25, 0.3) is 11.3 Å². The van der Waals surface area contributed by atoms with Gasteiger partial charge in [0.05, 0.1) is 5.69 Å². The Balaban J connectivity index is 1.78. The molecule has 3 aromatic rings. The SMILES string of the molecule is CC(=O)Nc1ccc(-c2csc(Nc3cc(C)ccc3C)n2)cc1. The molecule has 2 aromatic carbocycles. The first-order valence-electron chi connectivity index (χ1n) is 7.69. The number of carbonyl (C=O) groups excluding carboxylic acids is 1. The summed E-state index contributed by atoms with van der Waals surface area (Å²) in [6.45, 7) is 5.66. The number of rotatable bonds is 4. The molecule has 24 heavy (non-hydrogen) atoms. The fraction of sp³-hybridized carbons (Fsp3) is 0.158. The molecule has 0 spiro atoms. The van der Waals surface area contributed by atoms with E-state index in [-0.39, 0.29) is 5.91 Å². The van der Waals surface area contributed by atoms with Crippen molar-refractivity contribution in [1.29, 1.82) is 0 Å². The number of benzene rings is 2. The Morgan fingerprint density at radius 2 is 1.83 bits per heavy atom. The molecule has 1 aromatic heterocycles. The third kappa shape index (κ3) is 3.81. The van der Waals surface area contributed by atoms with Crippen molar-refractivity contribution < 1.29 is 4.79 Å². The molecule has 0 saturated heterocycles. The number of amides is 1. The maximum absolute atomic E-state index is 11.1. The Bertz CT molecular complexity index is 869. The maximum atomic E-state index is 11.1. The van der Waals surface area contributed by atoms with Gasteiger partial charge in [0.1, 0.15) is 0 Å². The van der Waals surface area contributed by atoms with E-state index in [0.717, 1.165) is 27.8 Å². The third-order valence-corrected chi connectivity index (χ3v) is 4.40. The molecule has 1 amide bonds. The van der Waals surface area contributed by atoms with Gasteiger partial charge in [0.25, 0.3) is 0 Å². The molecule has 122 valence electrons. The van der Waals surface area contributed by atoms with Crippen molar-refractivity contribution in [3.63, 3.8) is 0 Å². The Morgan fingerprint density at radius 1 is 1.08 bits per heavy atom. The lowest BCUT2D eigenvalue weighted by Gasteiger charge is -2.07. The summed E-state index contributed by atoms with van der Waals surface area (Å²) in [5.41, 5.74) is 6.22. The van der Waals surface area contributed by atoms with Gasteiger partial charge in [-0.3, -0.25) is 4.79 Å². The number of carbonyl (C=O) groups is 1. The van der Waals surface area contributed by atoms with Gasteiger partial charge in [-0.05, 0) is 43.2 Å². The predicted octanol–water partition coefficient (Wildman–Crippen LogP) is 5.13. The number of aromatic nitrogens is 1. The second-order valence-corrected chi connectivity index (χ2v) is 6.60. The van der Waals surface area contributed by atoms with Crippen LogP contribution in [0.1, 0.15) is 18.1 Å². The van der Waals surface area contributed by atoms with E-state index in [1.54, 1.807) is 11.3 Å². The Hall–Kier alpha value is -2.66. The number of anilines is 3. The van der Waals surface area contributed by atoms with Crippen LogP contribution >= 0.6 is 11.3 Å². The number of thiazole rings is 1. The van der Waals surface area contributed by atoms with Crippen LogP contribution in [-0.4, -0.2) is 10.9 Å². The summed E-state index contributed by atoms with van der Waals surface area (Å²) in [6, 6.07) is 14.0. The lowest BCUT2D eigenvalue weighted by atomic mass is 10.1. The van der Waals surface area contributed by atoms with Crippen LogP contribution in [0.4, 0.5) is 16.5 Å². The summed E-state index contributed by atoms with van der Waals surface area (Å²) in [7, 11) is 0. The van der Waals surface area contributed by atoms with E-state index < -0.39 is 0 Å². The quantitative estimate of drug-likeness (QED) is 0.694. The van der Waals surface area contributed by atoms with Crippen LogP contribution in [-0.2, 0) is 4.79 Å². The zero-order valence-corrected chi connectivity index (χ0v) is 14.7. The minimum absolute atomic E-state index is 0.0728. The topological polar surface area (TPSA) is 54.0 Å². The second-order valence-electron chi connectivity index (χ2n) is 5.74. The van der Waals surface area contributed by atoms with Gasteiger partial charge < -0.3 is 10.6 Å². The minimum atomic E-state index is -0.0728. The highest BCUT2D eigenvalue weighted by atomic mass is 32.1. The molecule has 0 bridgehead atoms.